The molecular formula is C55H35NO2. The molecule has 0 fully saturated rings. The van der Waals surface area contributed by atoms with Crippen LogP contribution in [0.4, 0.5) is 17.1 Å². The van der Waals surface area contributed by atoms with E-state index in [1.807, 2.05) is 6.07 Å². The summed E-state index contributed by atoms with van der Waals surface area (Å²) in [6, 6.07) is 75.8. The maximum absolute atomic E-state index is 7.13. The van der Waals surface area contributed by atoms with E-state index in [0.717, 1.165) is 44.9 Å². The Hall–Kier alpha value is -7.62. The third-order valence-electron chi connectivity index (χ3n) is 12.1. The SMILES string of the molecule is c1ccc(-c2cc(-c3ccccc3)cc(N(c3ccccc3)c3cccc4c3Oc3cc5c(cc3O4)C3(c4ccccc4-c4ccccc43)c3ccccc3-5)c2)cc1. The molecule has 0 amide bonds. The van der Waals surface area contributed by atoms with Gasteiger partial charge in [-0.2, -0.15) is 0 Å². The van der Waals surface area contributed by atoms with Crippen molar-refractivity contribution in [3.05, 3.63) is 235 Å². The van der Waals surface area contributed by atoms with Crippen LogP contribution in [-0.2, 0) is 5.41 Å². The van der Waals surface area contributed by atoms with Gasteiger partial charge in [-0.1, -0.05) is 158 Å². The van der Waals surface area contributed by atoms with E-state index in [1.165, 1.54) is 38.9 Å². The van der Waals surface area contributed by atoms with Gasteiger partial charge in [-0.05, 0) is 121 Å². The van der Waals surface area contributed by atoms with Gasteiger partial charge in [0.1, 0.15) is 0 Å². The topological polar surface area (TPSA) is 21.7 Å². The largest absolute Gasteiger partial charge is 0.449 e. The Morgan fingerprint density at radius 3 is 1.40 bits per heavy atom. The van der Waals surface area contributed by atoms with Crippen molar-refractivity contribution in [3.8, 4) is 67.5 Å². The summed E-state index contributed by atoms with van der Waals surface area (Å²) in [5.41, 5.74) is 17.0. The summed E-state index contributed by atoms with van der Waals surface area (Å²) in [6.07, 6.45) is 0. The molecular weight excluding hydrogens is 707 g/mol. The van der Waals surface area contributed by atoms with E-state index in [9.17, 15) is 0 Å². The van der Waals surface area contributed by atoms with Crippen LogP contribution in [0, 0.1) is 0 Å². The number of anilines is 3. The van der Waals surface area contributed by atoms with E-state index < -0.39 is 5.41 Å². The average molecular weight is 742 g/mol. The molecule has 2 aliphatic carbocycles. The van der Waals surface area contributed by atoms with Crippen LogP contribution < -0.4 is 14.4 Å². The van der Waals surface area contributed by atoms with Gasteiger partial charge in [-0.25, -0.2) is 0 Å². The lowest BCUT2D eigenvalue weighted by molar-refractivity contribution is 0.360. The van der Waals surface area contributed by atoms with Gasteiger partial charge in [0.25, 0.3) is 0 Å². The average Bonchev–Trinajstić information content (AvgIpc) is 3.75. The fraction of sp³-hybridized carbons (Fsp3) is 0.0182. The van der Waals surface area contributed by atoms with Crippen LogP contribution in [0.5, 0.6) is 23.0 Å². The number of ether oxygens (including phenoxy) is 2. The van der Waals surface area contributed by atoms with E-state index in [0.29, 0.717) is 23.0 Å². The summed E-state index contributed by atoms with van der Waals surface area (Å²) in [6.45, 7) is 0. The minimum atomic E-state index is -0.468. The second-order valence-electron chi connectivity index (χ2n) is 15.2. The summed E-state index contributed by atoms with van der Waals surface area (Å²) >= 11 is 0. The first kappa shape index (κ1) is 32.6. The molecule has 12 rings (SSSR count). The highest BCUT2D eigenvalue weighted by Crippen LogP contribution is 2.65. The molecule has 0 N–H and O–H groups in total. The molecule has 9 aromatic carbocycles. The zero-order chi connectivity index (χ0) is 38.2. The number of nitrogens with zero attached hydrogens (tertiary/aromatic N) is 1. The monoisotopic (exact) mass is 741 g/mol. The molecule has 9 aromatic rings. The van der Waals surface area contributed by atoms with Crippen LogP contribution in [0.1, 0.15) is 22.3 Å². The van der Waals surface area contributed by atoms with Gasteiger partial charge in [-0.3, -0.25) is 0 Å². The number of para-hydroxylation sites is 2. The molecule has 1 heterocycles. The third kappa shape index (κ3) is 4.74. The first-order valence-corrected chi connectivity index (χ1v) is 19.8. The smallest absolute Gasteiger partial charge is 0.194 e. The first-order valence-electron chi connectivity index (χ1n) is 19.8. The number of hydrogen-bond donors (Lipinski definition) is 0. The second-order valence-corrected chi connectivity index (χ2v) is 15.2. The molecule has 0 unspecified atom stereocenters. The van der Waals surface area contributed by atoms with Crippen molar-refractivity contribution in [2.75, 3.05) is 4.90 Å². The quantitative estimate of drug-likeness (QED) is 0.175. The molecule has 0 saturated carbocycles. The van der Waals surface area contributed by atoms with E-state index in [-0.39, 0.29) is 0 Å². The Morgan fingerprint density at radius 1 is 0.310 bits per heavy atom. The third-order valence-corrected chi connectivity index (χ3v) is 12.1. The zero-order valence-electron chi connectivity index (χ0n) is 31.5. The summed E-state index contributed by atoms with van der Waals surface area (Å²) in [5.74, 6) is 2.75. The Kier molecular flexibility index (Phi) is 7.14. The lowest BCUT2D eigenvalue weighted by Crippen LogP contribution is -2.25. The van der Waals surface area contributed by atoms with Gasteiger partial charge in [0.05, 0.1) is 11.1 Å². The van der Waals surface area contributed by atoms with Crippen molar-refractivity contribution in [1.29, 1.82) is 0 Å². The molecule has 3 heteroatoms. The lowest BCUT2D eigenvalue weighted by atomic mass is 9.70. The number of benzene rings is 9. The van der Waals surface area contributed by atoms with Crippen LogP contribution in [0.25, 0.3) is 44.5 Å². The highest BCUT2D eigenvalue weighted by atomic mass is 16.6. The Morgan fingerprint density at radius 2 is 0.810 bits per heavy atom. The van der Waals surface area contributed by atoms with Gasteiger partial charge in [-0.15, -0.1) is 0 Å². The molecule has 58 heavy (non-hydrogen) atoms. The van der Waals surface area contributed by atoms with Crippen LogP contribution >= 0.6 is 0 Å². The molecule has 0 radical (unpaired) electrons. The molecule has 3 aliphatic rings. The van der Waals surface area contributed by atoms with Crippen LogP contribution in [-0.4, -0.2) is 0 Å². The number of rotatable bonds is 5. The summed E-state index contributed by atoms with van der Waals surface area (Å²) in [5, 5.41) is 0. The Labute approximate surface area is 337 Å². The van der Waals surface area contributed by atoms with E-state index >= 15 is 0 Å². The highest BCUT2D eigenvalue weighted by molar-refractivity contribution is 5.96. The normalized spacial score (nSPS) is 13.2. The van der Waals surface area contributed by atoms with Crippen molar-refractivity contribution in [3.63, 3.8) is 0 Å². The fourth-order valence-electron chi connectivity index (χ4n) is 9.69. The number of fused-ring (bicyclic) bond motifs is 12. The maximum Gasteiger partial charge on any atom is 0.194 e. The molecule has 1 spiro atoms. The minimum absolute atomic E-state index is 0.468. The zero-order valence-corrected chi connectivity index (χ0v) is 31.5. The molecule has 1 aliphatic heterocycles. The van der Waals surface area contributed by atoms with Crippen molar-refractivity contribution in [1.82, 2.24) is 0 Å². The predicted octanol–water partition coefficient (Wildman–Crippen LogP) is 14.7. The van der Waals surface area contributed by atoms with Gasteiger partial charge in [0, 0.05) is 11.4 Å². The fourth-order valence-corrected chi connectivity index (χ4v) is 9.69. The molecule has 0 saturated heterocycles. The first-order chi connectivity index (χ1) is 28.8. The van der Waals surface area contributed by atoms with Gasteiger partial charge >= 0.3 is 0 Å². The van der Waals surface area contributed by atoms with Crippen LogP contribution in [0.2, 0.25) is 0 Å². The molecule has 0 atom stereocenters. The summed E-state index contributed by atoms with van der Waals surface area (Å²) in [4.78, 5) is 2.29. The van der Waals surface area contributed by atoms with Crippen LogP contribution in [0.3, 0.4) is 0 Å². The van der Waals surface area contributed by atoms with E-state index in [4.69, 9.17) is 9.47 Å². The Bertz CT molecular complexity index is 2960. The summed E-state index contributed by atoms with van der Waals surface area (Å²) < 4.78 is 14.1. The van der Waals surface area contributed by atoms with Gasteiger partial charge in [0.2, 0.25) is 0 Å². The minimum Gasteiger partial charge on any atom is -0.449 e. The van der Waals surface area contributed by atoms with Crippen molar-refractivity contribution >= 4 is 17.1 Å². The lowest BCUT2D eigenvalue weighted by Gasteiger charge is -2.32. The predicted molar refractivity (Wildman–Crippen MR) is 235 cm³/mol. The standard InChI is InChI=1S/C55H35NO2/c1-4-17-36(18-5-1)38-31-39(37-19-6-2-7-20-37)33-41(32-38)56(40-21-8-3-9-22-40)50-29-16-30-51-54(50)58-52-34-45-44-25-12-15-28-48(44)55(49(45)35-53(52)57-51)46-26-13-10-23-42(46)43-24-11-14-27-47(43)55/h1-35H. The molecule has 272 valence electrons. The van der Waals surface area contributed by atoms with Crippen molar-refractivity contribution < 1.29 is 9.47 Å². The van der Waals surface area contributed by atoms with E-state index in [2.05, 4.69) is 211 Å². The second kappa shape index (κ2) is 12.7. The highest BCUT2D eigenvalue weighted by Gasteiger charge is 2.52. The number of hydrogen-bond acceptors (Lipinski definition) is 3. The maximum atomic E-state index is 7.13. The van der Waals surface area contributed by atoms with Crippen molar-refractivity contribution in [2.24, 2.45) is 0 Å². The summed E-state index contributed by atoms with van der Waals surface area (Å²) in [7, 11) is 0. The van der Waals surface area contributed by atoms with Gasteiger partial charge < -0.3 is 14.4 Å². The molecule has 3 nitrogen and oxygen atoms in total. The van der Waals surface area contributed by atoms with E-state index in [1.54, 1.807) is 0 Å². The Balaban J connectivity index is 1.04. The molecule has 0 bridgehead atoms. The van der Waals surface area contributed by atoms with Crippen LogP contribution in [0.15, 0.2) is 212 Å². The molecule has 0 aromatic heterocycles. The van der Waals surface area contributed by atoms with Gasteiger partial charge in [0.15, 0.2) is 23.0 Å². The van der Waals surface area contributed by atoms with Crippen molar-refractivity contribution in [2.45, 2.75) is 5.41 Å².